The number of amides is 1. The van der Waals surface area contributed by atoms with Crippen LogP contribution in [0.2, 0.25) is 0 Å². The van der Waals surface area contributed by atoms with Gasteiger partial charge in [0.15, 0.2) is 5.78 Å². The van der Waals surface area contributed by atoms with E-state index in [1.54, 1.807) is 12.1 Å². The predicted molar refractivity (Wildman–Crippen MR) is 97.5 cm³/mol. The minimum atomic E-state index is -3.86. The number of benzene rings is 2. The molecule has 0 saturated heterocycles. The largest absolute Gasteiger partial charge is 0.393 e. The minimum Gasteiger partial charge on any atom is -0.393 e. The lowest BCUT2D eigenvalue weighted by molar-refractivity contribution is 0.0867. The van der Waals surface area contributed by atoms with E-state index in [9.17, 15) is 23.1 Å². The summed E-state index contributed by atoms with van der Waals surface area (Å²) in [6.45, 7) is 0. The summed E-state index contributed by atoms with van der Waals surface area (Å²) in [5, 5.41) is 12.5. The van der Waals surface area contributed by atoms with Crippen molar-refractivity contribution in [1.82, 2.24) is 5.32 Å². The number of sulfone groups is 1. The molecule has 1 saturated carbocycles. The van der Waals surface area contributed by atoms with Crippen molar-refractivity contribution in [3.8, 4) is 0 Å². The fourth-order valence-corrected chi connectivity index (χ4v) is 5.39. The number of hydrogen-bond donors (Lipinski definition) is 2. The summed E-state index contributed by atoms with van der Waals surface area (Å²) in [5.74, 6) is -0.732. The Bertz CT molecular complexity index is 1040. The van der Waals surface area contributed by atoms with E-state index in [1.165, 1.54) is 30.3 Å². The molecule has 0 atom stereocenters. The Labute approximate surface area is 157 Å². The van der Waals surface area contributed by atoms with Crippen molar-refractivity contribution in [3.05, 3.63) is 59.2 Å². The number of fused-ring (bicyclic) bond motifs is 2. The zero-order chi connectivity index (χ0) is 19.2. The molecule has 7 heteroatoms. The Morgan fingerprint density at radius 3 is 2.37 bits per heavy atom. The molecule has 27 heavy (non-hydrogen) atoms. The number of aliphatic hydroxyl groups excluding tert-OH is 1. The molecule has 4 rings (SSSR count). The molecule has 0 radical (unpaired) electrons. The number of carbonyl (C=O) groups excluding carboxylic acids is 2. The van der Waals surface area contributed by atoms with Crippen LogP contribution in [-0.2, 0) is 9.84 Å². The lowest BCUT2D eigenvalue weighted by Crippen LogP contribution is -2.38. The standard InChI is InChI=1S/C20H19NO5S/c22-14-8-6-13(7-9-14)21-20(24)12-5-10-16-18(11-12)27(25,26)17-4-2-1-3-15(17)19(16)23/h1-5,10-11,13-14,22H,6-9H2,(H,21,24). The van der Waals surface area contributed by atoms with E-state index < -0.39 is 9.84 Å². The first-order valence-electron chi connectivity index (χ1n) is 8.90. The van der Waals surface area contributed by atoms with Gasteiger partial charge in [0.2, 0.25) is 9.84 Å². The second-order valence-corrected chi connectivity index (χ2v) is 8.91. The van der Waals surface area contributed by atoms with E-state index in [-0.39, 0.29) is 50.3 Å². The maximum atomic E-state index is 12.9. The highest BCUT2D eigenvalue weighted by atomic mass is 32.2. The molecule has 1 fully saturated rings. The van der Waals surface area contributed by atoms with Gasteiger partial charge in [0, 0.05) is 22.7 Å². The lowest BCUT2D eigenvalue weighted by atomic mass is 9.93. The molecule has 2 aliphatic rings. The molecule has 0 unspecified atom stereocenters. The van der Waals surface area contributed by atoms with Gasteiger partial charge in [0.25, 0.3) is 5.91 Å². The fraction of sp³-hybridized carbons (Fsp3) is 0.300. The first-order chi connectivity index (χ1) is 12.9. The van der Waals surface area contributed by atoms with Gasteiger partial charge in [-0.3, -0.25) is 9.59 Å². The number of aliphatic hydroxyl groups is 1. The molecular weight excluding hydrogens is 366 g/mol. The minimum absolute atomic E-state index is 0.0265. The Balaban J connectivity index is 1.66. The summed E-state index contributed by atoms with van der Waals surface area (Å²) in [4.78, 5) is 25.0. The van der Waals surface area contributed by atoms with Gasteiger partial charge in [-0.15, -0.1) is 0 Å². The Morgan fingerprint density at radius 1 is 0.963 bits per heavy atom. The lowest BCUT2D eigenvalue weighted by Gasteiger charge is -2.26. The second kappa shape index (κ2) is 6.58. The molecule has 6 nitrogen and oxygen atoms in total. The first-order valence-corrected chi connectivity index (χ1v) is 10.4. The van der Waals surface area contributed by atoms with Crippen molar-refractivity contribution in [2.75, 3.05) is 0 Å². The smallest absolute Gasteiger partial charge is 0.251 e. The van der Waals surface area contributed by atoms with Crippen LogP contribution in [0.3, 0.4) is 0 Å². The summed E-state index contributed by atoms with van der Waals surface area (Å²) >= 11 is 0. The molecule has 0 bridgehead atoms. The maximum absolute atomic E-state index is 12.9. The van der Waals surface area contributed by atoms with Crippen LogP contribution in [-0.4, -0.2) is 37.4 Å². The third-order valence-corrected chi connectivity index (χ3v) is 7.08. The van der Waals surface area contributed by atoms with Crippen molar-refractivity contribution in [1.29, 1.82) is 0 Å². The topological polar surface area (TPSA) is 101 Å². The highest BCUT2D eigenvalue weighted by Gasteiger charge is 2.35. The van der Waals surface area contributed by atoms with E-state index in [0.29, 0.717) is 25.7 Å². The van der Waals surface area contributed by atoms with Crippen LogP contribution in [0, 0.1) is 0 Å². The maximum Gasteiger partial charge on any atom is 0.251 e. The first kappa shape index (κ1) is 17.9. The average Bonchev–Trinajstić information content (AvgIpc) is 2.68. The van der Waals surface area contributed by atoms with E-state index in [2.05, 4.69) is 5.32 Å². The SMILES string of the molecule is O=C(NC1CCC(O)CC1)c1ccc2c(c1)S(=O)(=O)c1ccccc1C2=O. The van der Waals surface area contributed by atoms with Gasteiger partial charge >= 0.3 is 0 Å². The van der Waals surface area contributed by atoms with Gasteiger partial charge in [-0.05, 0) is 56.0 Å². The average molecular weight is 385 g/mol. The number of carbonyl (C=O) groups is 2. The predicted octanol–water partition coefficient (Wildman–Crippen LogP) is 2.10. The van der Waals surface area contributed by atoms with Gasteiger partial charge in [-0.2, -0.15) is 0 Å². The van der Waals surface area contributed by atoms with Crippen molar-refractivity contribution in [3.63, 3.8) is 0 Å². The fourth-order valence-electron chi connectivity index (χ4n) is 3.71. The molecule has 0 spiro atoms. The summed E-state index contributed by atoms with van der Waals surface area (Å²) < 4.78 is 25.9. The monoisotopic (exact) mass is 385 g/mol. The second-order valence-electron chi connectivity index (χ2n) is 7.02. The van der Waals surface area contributed by atoms with Crippen molar-refractivity contribution in [2.45, 2.75) is 47.6 Å². The summed E-state index contributed by atoms with van der Waals surface area (Å²) in [5.41, 5.74) is 0.449. The molecule has 140 valence electrons. The third-order valence-electron chi connectivity index (χ3n) is 5.23. The molecule has 1 heterocycles. The van der Waals surface area contributed by atoms with Gasteiger partial charge < -0.3 is 10.4 Å². The van der Waals surface area contributed by atoms with Crippen LogP contribution >= 0.6 is 0 Å². The highest BCUT2D eigenvalue weighted by Crippen LogP contribution is 2.34. The molecule has 1 aliphatic heterocycles. The Kier molecular flexibility index (Phi) is 4.36. The number of hydrogen-bond acceptors (Lipinski definition) is 5. The van der Waals surface area contributed by atoms with Crippen LogP contribution in [0.15, 0.2) is 52.3 Å². The van der Waals surface area contributed by atoms with Crippen LogP contribution in [0.1, 0.15) is 52.0 Å². The van der Waals surface area contributed by atoms with E-state index >= 15 is 0 Å². The molecular formula is C20H19NO5S. The number of nitrogens with one attached hydrogen (secondary N) is 1. The molecule has 2 aromatic rings. The molecule has 2 aromatic carbocycles. The number of rotatable bonds is 2. The molecule has 2 N–H and O–H groups in total. The van der Waals surface area contributed by atoms with E-state index in [4.69, 9.17) is 0 Å². The summed E-state index contributed by atoms with van der Waals surface area (Å²) in [6, 6.07) is 10.2. The quantitative estimate of drug-likeness (QED) is 0.704. The van der Waals surface area contributed by atoms with Gasteiger partial charge in [0.1, 0.15) is 0 Å². The van der Waals surface area contributed by atoms with Gasteiger partial charge in [0.05, 0.1) is 15.9 Å². The summed E-state index contributed by atoms with van der Waals surface area (Å²) in [7, 11) is -3.86. The molecule has 1 aliphatic carbocycles. The van der Waals surface area contributed by atoms with Gasteiger partial charge in [-0.1, -0.05) is 12.1 Å². The van der Waals surface area contributed by atoms with Crippen LogP contribution in [0.5, 0.6) is 0 Å². The van der Waals surface area contributed by atoms with Crippen LogP contribution in [0.25, 0.3) is 0 Å². The zero-order valence-electron chi connectivity index (χ0n) is 14.5. The highest BCUT2D eigenvalue weighted by molar-refractivity contribution is 7.91. The molecule has 0 aromatic heterocycles. The normalized spacial score (nSPS) is 23.2. The summed E-state index contributed by atoms with van der Waals surface area (Å²) in [6.07, 6.45) is 2.31. The molecule has 1 amide bonds. The van der Waals surface area contributed by atoms with Crippen molar-refractivity contribution < 1.29 is 23.1 Å². The van der Waals surface area contributed by atoms with Crippen LogP contribution < -0.4 is 5.32 Å². The third kappa shape index (κ3) is 3.07. The van der Waals surface area contributed by atoms with E-state index in [0.717, 1.165) is 0 Å². The van der Waals surface area contributed by atoms with Crippen molar-refractivity contribution >= 4 is 21.5 Å². The Morgan fingerprint density at radius 2 is 1.63 bits per heavy atom. The van der Waals surface area contributed by atoms with E-state index in [1.807, 2.05) is 0 Å². The Hall–Kier alpha value is -2.51. The van der Waals surface area contributed by atoms with Crippen LogP contribution in [0.4, 0.5) is 0 Å². The van der Waals surface area contributed by atoms with Crippen molar-refractivity contribution in [2.24, 2.45) is 0 Å². The zero-order valence-corrected chi connectivity index (χ0v) is 15.3. The van der Waals surface area contributed by atoms with Gasteiger partial charge in [-0.25, -0.2) is 8.42 Å². The number of ketones is 1.